The molecule has 10 heteroatoms. The van der Waals surface area contributed by atoms with E-state index in [1.165, 1.54) is 6.07 Å². The molecule has 1 saturated heterocycles. The lowest BCUT2D eigenvalue weighted by Gasteiger charge is -2.23. The molecule has 7 nitrogen and oxygen atoms in total. The Bertz CT molecular complexity index is 1240. The quantitative estimate of drug-likeness (QED) is 0.477. The number of carbonyl (C=O) groups excluding carboxylic acids is 1. The maximum absolute atomic E-state index is 12.8. The number of alkyl halides is 3. The smallest absolute Gasteiger partial charge is 0.417 e. The van der Waals surface area contributed by atoms with Crippen LogP contribution in [-0.2, 0) is 17.4 Å². The van der Waals surface area contributed by atoms with Crippen molar-refractivity contribution in [1.82, 2.24) is 9.88 Å². The van der Waals surface area contributed by atoms with Gasteiger partial charge in [-0.3, -0.25) is 4.79 Å². The highest BCUT2D eigenvalue weighted by Gasteiger charge is 2.32. The highest BCUT2D eigenvalue weighted by Crippen LogP contribution is 2.33. The molecule has 36 heavy (non-hydrogen) atoms. The van der Waals surface area contributed by atoms with E-state index in [4.69, 9.17) is 10.5 Å². The Morgan fingerprint density at radius 3 is 2.61 bits per heavy atom. The number of pyridine rings is 1. The van der Waals surface area contributed by atoms with Crippen LogP contribution in [0, 0.1) is 11.3 Å². The number of aromatic nitrogens is 1. The van der Waals surface area contributed by atoms with Crippen molar-refractivity contribution < 1.29 is 22.7 Å². The normalized spacial score (nSPS) is 16.3. The Labute approximate surface area is 206 Å². The summed E-state index contributed by atoms with van der Waals surface area (Å²) in [6.45, 7) is 0.549. The number of para-hydroxylation sites is 2. The van der Waals surface area contributed by atoms with Gasteiger partial charge in [0.15, 0.2) is 5.75 Å². The first-order valence-corrected chi connectivity index (χ1v) is 11.4. The molecular formula is C26H24F3N5O2. The molecule has 0 bridgehead atoms. The zero-order valence-corrected chi connectivity index (χ0v) is 19.2. The predicted molar refractivity (Wildman–Crippen MR) is 128 cm³/mol. The molecule has 0 radical (unpaired) electrons. The Kier molecular flexibility index (Phi) is 7.41. The fourth-order valence-corrected chi connectivity index (χ4v) is 3.97. The molecule has 2 atom stereocenters. The number of likely N-dealkylation sites (tertiary alicyclic amines) is 1. The summed E-state index contributed by atoms with van der Waals surface area (Å²) in [5.41, 5.74) is 6.67. The van der Waals surface area contributed by atoms with Crippen LogP contribution in [0.2, 0.25) is 0 Å². The minimum atomic E-state index is -4.46. The van der Waals surface area contributed by atoms with Crippen molar-refractivity contribution in [1.29, 1.82) is 5.26 Å². The summed E-state index contributed by atoms with van der Waals surface area (Å²) in [5, 5.41) is 12.2. The van der Waals surface area contributed by atoms with Gasteiger partial charge in [-0.1, -0.05) is 24.3 Å². The van der Waals surface area contributed by atoms with E-state index in [1.807, 2.05) is 12.1 Å². The van der Waals surface area contributed by atoms with Gasteiger partial charge in [0.05, 0.1) is 23.4 Å². The van der Waals surface area contributed by atoms with Gasteiger partial charge in [0, 0.05) is 12.7 Å². The fraction of sp³-hybridized carbons (Fsp3) is 0.269. The molecule has 0 spiro atoms. The van der Waals surface area contributed by atoms with Crippen LogP contribution < -0.4 is 15.8 Å². The molecule has 186 valence electrons. The number of nitrogens with two attached hydrogens (primary N) is 1. The molecule has 3 aromatic rings. The van der Waals surface area contributed by atoms with Crippen LogP contribution in [-0.4, -0.2) is 34.4 Å². The fourth-order valence-electron chi connectivity index (χ4n) is 3.97. The van der Waals surface area contributed by atoms with E-state index < -0.39 is 23.8 Å². The molecule has 1 aliphatic rings. The van der Waals surface area contributed by atoms with Crippen LogP contribution in [0.5, 0.6) is 11.5 Å². The topological polar surface area (TPSA) is 104 Å². The number of halogens is 3. The first-order chi connectivity index (χ1) is 17.2. The van der Waals surface area contributed by atoms with Crippen LogP contribution in [0.3, 0.4) is 0 Å². The molecule has 4 rings (SSSR count). The summed E-state index contributed by atoms with van der Waals surface area (Å²) in [5.74, 6) is 0.994. The van der Waals surface area contributed by atoms with Crippen molar-refractivity contribution in [2.75, 3.05) is 11.9 Å². The van der Waals surface area contributed by atoms with Gasteiger partial charge in [-0.15, -0.1) is 0 Å². The second-order valence-electron chi connectivity index (χ2n) is 8.43. The highest BCUT2D eigenvalue weighted by molar-refractivity contribution is 5.83. The summed E-state index contributed by atoms with van der Waals surface area (Å²) in [7, 11) is 0. The van der Waals surface area contributed by atoms with Crippen molar-refractivity contribution in [3.05, 3.63) is 78.0 Å². The van der Waals surface area contributed by atoms with E-state index in [0.29, 0.717) is 36.6 Å². The number of nitrogens with zero attached hydrogens (tertiary/aromatic N) is 3. The number of rotatable bonds is 7. The lowest BCUT2D eigenvalue weighted by atomic mass is 10.0. The van der Waals surface area contributed by atoms with Crippen LogP contribution in [0.25, 0.3) is 0 Å². The maximum atomic E-state index is 12.8. The molecule has 2 aromatic carbocycles. The zero-order valence-electron chi connectivity index (χ0n) is 19.2. The summed E-state index contributed by atoms with van der Waals surface area (Å²) in [6, 6.07) is 17.3. The average molecular weight is 496 g/mol. The maximum Gasteiger partial charge on any atom is 0.417 e. The van der Waals surface area contributed by atoms with Gasteiger partial charge >= 0.3 is 6.18 Å². The largest absolute Gasteiger partial charge is 0.455 e. The van der Waals surface area contributed by atoms with Crippen LogP contribution in [0.15, 0.2) is 66.9 Å². The van der Waals surface area contributed by atoms with E-state index in [1.54, 1.807) is 41.3 Å². The van der Waals surface area contributed by atoms with Crippen molar-refractivity contribution in [2.24, 2.45) is 5.73 Å². The van der Waals surface area contributed by atoms with Gasteiger partial charge < -0.3 is 20.7 Å². The summed E-state index contributed by atoms with van der Waals surface area (Å²) in [6.07, 6.45) is -1.89. The van der Waals surface area contributed by atoms with E-state index in [2.05, 4.69) is 16.4 Å². The summed E-state index contributed by atoms with van der Waals surface area (Å²) in [4.78, 5) is 18.0. The van der Waals surface area contributed by atoms with Crippen molar-refractivity contribution in [3.63, 3.8) is 0 Å². The molecule has 1 fully saturated rings. The number of nitriles is 1. The van der Waals surface area contributed by atoms with E-state index in [0.717, 1.165) is 24.2 Å². The second-order valence-corrected chi connectivity index (χ2v) is 8.43. The molecule has 0 unspecified atom stereocenters. The number of hydrogen-bond acceptors (Lipinski definition) is 6. The minimum Gasteiger partial charge on any atom is -0.455 e. The van der Waals surface area contributed by atoms with Crippen LogP contribution >= 0.6 is 0 Å². The molecule has 3 N–H and O–H groups in total. The standard InChI is InChI=1S/C26H24F3N5O2/c27-26(28,29)18-9-12-24(32-16-18)33-22-5-1-2-6-23(22)36-20-10-7-17(8-11-20)14-21(31)25(35)34-13-3-4-19(34)15-30/h1-2,5-12,16,19,21H,3-4,13-14,31H2,(H,32,33)/t19-,21-/m0/s1. The third kappa shape index (κ3) is 5.93. The molecule has 1 amide bonds. The highest BCUT2D eigenvalue weighted by atomic mass is 19.4. The zero-order chi connectivity index (χ0) is 25.7. The van der Waals surface area contributed by atoms with Gasteiger partial charge in [0.2, 0.25) is 5.91 Å². The number of nitrogens with one attached hydrogen (secondary N) is 1. The molecule has 0 aliphatic carbocycles. The predicted octanol–water partition coefficient (Wildman–Crippen LogP) is 5.02. The van der Waals surface area contributed by atoms with Crippen LogP contribution in [0.1, 0.15) is 24.0 Å². The van der Waals surface area contributed by atoms with Gasteiger partial charge in [-0.05, 0) is 61.2 Å². The Morgan fingerprint density at radius 1 is 1.19 bits per heavy atom. The summed E-state index contributed by atoms with van der Waals surface area (Å²) < 4.78 is 44.3. The van der Waals surface area contributed by atoms with Crippen molar-refractivity contribution in [2.45, 2.75) is 37.5 Å². The monoisotopic (exact) mass is 495 g/mol. The second kappa shape index (κ2) is 10.7. The van der Waals surface area contributed by atoms with E-state index in [-0.39, 0.29) is 11.7 Å². The third-order valence-electron chi connectivity index (χ3n) is 5.85. The lowest BCUT2D eigenvalue weighted by Crippen LogP contribution is -2.46. The Balaban J connectivity index is 1.39. The van der Waals surface area contributed by atoms with Crippen LogP contribution in [0.4, 0.5) is 24.7 Å². The third-order valence-corrected chi connectivity index (χ3v) is 5.85. The molecule has 1 aliphatic heterocycles. The summed E-state index contributed by atoms with van der Waals surface area (Å²) >= 11 is 0. The number of amides is 1. The SMILES string of the molecule is N#C[C@@H]1CCCN1C(=O)[C@@H](N)Cc1ccc(Oc2ccccc2Nc2ccc(C(F)(F)F)cn2)cc1. The number of hydrogen-bond donors (Lipinski definition) is 2. The molecule has 2 heterocycles. The Morgan fingerprint density at radius 2 is 1.94 bits per heavy atom. The molecule has 0 saturated carbocycles. The molecule has 1 aromatic heterocycles. The number of carbonyl (C=O) groups is 1. The Hall–Kier alpha value is -4.10. The van der Waals surface area contributed by atoms with Gasteiger partial charge in [0.1, 0.15) is 17.6 Å². The lowest BCUT2D eigenvalue weighted by molar-refractivity contribution is -0.137. The average Bonchev–Trinajstić information content (AvgIpc) is 3.34. The van der Waals surface area contributed by atoms with Crippen molar-refractivity contribution in [3.8, 4) is 17.6 Å². The number of anilines is 2. The van der Waals surface area contributed by atoms with Gasteiger partial charge in [-0.25, -0.2) is 4.98 Å². The van der Waals surface area contributed by atoms with Gasteiger partial charge in [0.25, 0.3) is 0 Å². The molecular weight excluding hydrogens is 471 g/mol. The number of ether oxygens (including phenoxy) is 1. The van der Waals surface area contributed by atoms with E-state index in [9.17, 15) is 23.2 Å². The minimum absolute atomic E-state index is 0.226. The first kappa shape index (κ1) is 25.0. The van der Waals surface area contributed by atoms with E-state index >= 15 is 0 Å². The first-order valence-electron chi connectivity index (χ1n) is 11.4. The van der Waals surface area contributed by atoms with Crippen molar-refractivity contribution >= 4 is 17.4 Å². The van der Waals surface area contributed by atoms with Gasteiger partial charge in [-0.2, -0.15) is 18.4 Å². The number of benzene rings is 2.